The van der Waals surface area contributed by atoms with Gasteiger partial charge in [0.15, 0.2) is 4.77 Å². The van der Waals surface area contributed by atoms with Crippen molar-refractivity contribution in [2.45, 2.75) is 40.0 Å². The standard InChI is InChI=1S/C21H24N2O2S2/c1-21(2,3)12-5-10-15-16(11-12)27-18-17(15)19(24)23(20(26)22-18)13-6-8-14(25-4)9-7-13/h6-9,12H,5,10-11H2,1-4H3,(H,22,26). The van der Waals surface area contributed by atoms with Crippen LogP contribution < -0.4 is 10.3 Å². The van der Waals surface area contributed by atoms with Crippen LogP contribution in [0.3, 0.4) is 0 Å². The van der Waals surface area contributed by atoms with Gasteiger partial charge in [0.2, 0.25) is 0 Å². The average molecular weight is 401 g/mol. The molecule has 0 aliphatic heterocycles. The number of rotatable bonds is 2. The van der Waals surface area contributed by atoms with Gasteiger partial charge < -0.3 is 9.72 Å². The normalized spacial score (nSPS) is 17.1. The fraction of sp³-hybridized carbons (Fsp3) is 0.429. The number of hydrogen-bond acceptors (Lipinski definition) is 4. The first-order valence-corrected chi connectivity index (χ1v) is 10.5. The fourth-order valence-electron chi connectivity index (χ4n) is 3.96. The minimum atomic E-state index is -0.0226. The Labute approximate surface area is 167 Å². The van der Waals surface area contributed by atoms with Crippen molar-refractivity contribution >= 4 is 33.8 Å². The number of nitrogens with zero attached hydrogens (tertiary/aromatic N) is 1. The average Bonchev–Trinajstić information content (AvgIpc) is 2.98. The molecule has 27 heavy (non-hydrogen) atoms. The molecule has 1 N–H and O–H groups in total. The number of hydrogen-bond donors (Lipinski definition) is 1. The van der Waals surface area contributed by atoms with E-state index in [1.165, 1.54) is 10.4 Å². The second kappa shape index (κ2) is 6.60. The first kappa shape index (κ1) is 18.4. The summed E-state index contributed by atoms with van der Waals surface area (Å²) in [5, 5.41) is 0.812. The van der Waals surface area contributed by atoms with Gasteiger partial charge in [0.05, 0.1) is 18.2 Å². The Morgan fingerprint density at radius 1 is 1.26 bits per heavy atom. The van der Waals surface area contributed by atoms with Gasteiger partial charge >= 0.3 is 0 Å². The monoisotopic (exact) mass is 400 g/mol. The van der Waals surface area contributed by atoms with Gasteiger partial charge in [-0.15, -0.1) is 11.3 Å². The van der Waals surface area contributed by atoms with Gasteiger partial charge in [-0.2, -0.15) is 0 Å². The lowest BCUT2D eigenvalue weighted by Crippen LogP contribution is -2.27. The molecule has 0 bridgehead atoms. The molecule has 3 aromatic rings. The first-order valence-electron chi connectivity index (χ1n) is 9.23. The molecule has 1 aliphatic rings. The Balaban J connectivity index is 1.87. The van der Waals surface area contributed by atoms with Gasteiger partial charge in [-0.1, -0.05) is 20.8 Å². The molecule has 6 heteroatoms. The number of H-pyrrole nitrogens is 1. The minimum absolute atomic E-state index is 0.0226. The number of aromatic nitrogens is 2. The lowest BCUT2D eigenvalue weighted by atomic mass is 9.72. The highest BCUT2D eigenvalue weighted by Gasteiger charge is 2.31. The van der Waals surface area contributed by atoms with Crippen molar-refractivity contribution in [1.29, 1.82) is 0 Å². The van der Waals surface area contributed by atoms with E-state index >= 15 is 0 Å². The van der Waals surface area contributed by atoms with Crippen molar-refractivity contribution in [3.8, 4) is 11.4 Å². The molecule has 2 aromatic heterocycles. The van der Waals surface area contributed by atoms with Crippen LogP contribution >= 0.6 is 23.6 Å². The van der Waals surface area contributed by atoms with Crippen LogP contribution in [0.15, 0.2) is 29.1 Å². The summed E-state index contributed by atoms with van der Waals surface area (Å²) in [7, 11) is 1.63. The largest absolute Gasteiger partial charge is 0.497 e. The van der Waals surface area contributed by atoms with Crippen molar-refractivity contribution in [3.63, 3.8) is 0 Å². The summed E-state index contributed by atoms with van der Waals surface area (Å²) in [6.07, 6.45) is 3.13. The molecule has 142 valence electrons. The third-order valence-corrected chi connectivity index (χ3v) is 7.12. The zero-order valence-corrected chi connectivity index (χ0v) is 17.7. The highest BCUT2D eigenvalue weighted by atomic mass is 32.1. The minimum Gasteiger partial charge on any atom is -0.497 e. The van der Waals surface area contributed by atoms with E-state index in [-0.39, 0.29) is 11.0 Å². The molecule has 0 fully saturated rings. The quantitative estimate of drug-likeness (QED) is 0.596. The molecular formula is C21H24N2O2S2. The van der Waals surface area contributed by atoms with Crippen LogP contribution in [0, 0.1) is 16.1 Å². The SMILES string of the molecule is COc1ccc(-n2c(=S)[nH]c3sc4c(c3c2=O)CCC(C(C)(C)C)C4)cc1. The van der Waals surface area contributed by atoms with Crippen molar-refractivity contribution in [2.24, 2.45) is 11.3 Å². The van der Waals surface area contributed by atoms with Gasteiger partial charge in [0.1, 0.15) is 10.6 Å². The van der Waals surface area contributed by atoms with Crippen molar-refractivity contribution in [2.75, 3.05) is 7.11 Å². The second-order valence-electron chi connectivity index (χ2n) is 8.28. The Kier molecular flexibility index (Phi) is 4.51. The lowest BCUT2D eigenvalue weighted by molar-refractivity contribution is 0.218. The van der Waals surface area contributed by atoms with E-state index in [1.54, 1.807) is 23.0 Å². The van der Waals surface area contributed by atoms with E-state index in [9.17, 15) is 4.79 Å². The van der Waals surface area contributed by atoms with Gasteiger partial charge in [-0.05, 0) is 72.6 Å². The molecule has 2 heterocycles. The zero-order valence-electron chi connectivity index (χ0n) is 16.1. The van der Waals surface area contributed by atoms with E-state index in [0.717, 1.165) is 40.9 Å². The Morgan fingerprint density at radius 2 is 1.96 bits per heavy atom. The van der Waals surface area contributed by atoms with Gasteiger partial charge in [0, 0.05) is 4.88 Å². The summed E-state index contributed by atoms with van der Waals surface area (Å²) in [4.78, 5) is 18.9. The number of fused-ring (bicyclic) bond motifs is 3. The molecule has 0 spiro atoms. The molecule has 0 saturated carbocycles. The molecular weight excluding hydrogens is 376 g/mol. The third-order valence-electron chi connectivity index (χ3n) is 5.66. The number of ether oxygens (including phenoxy) is 1. The number of methoxy groups -OCH3 is 1. The van der Waals surface area contributed by atoms with Crippen molar-refractivity contribution < 1.29 is 4.74 Å². The van der Waals surface area contributed by atoms with Crippen molar-refractivity contribution in [1.82, 2.24) is 9.55 Å². The summed E-state index contributed by atoms with van der Waals surface area (Å²) in [5.41, 5.74) is 2.23. The van der Waals surface area contributed by atoms with Crippen LogP contribution in [-0.4, -0.2) is 16.7 Å². The van der Waals surface area contributed by atoms with E-state index < -0.39 is 0 Å². The number of thiophene rings is 1. The van der Waals surface area contributed by atoms with Gasteiger partial charge in [0.25, 0.3) is 5.56 Å². The number of aromatic amines is 1. The van der Waals surface area contributed by atoms with Gasteiger partial charge in [-0.25, -0.2) is 0 Å². The van der Waals surface area contributed by atoms with E-state index in [2.05, 4.69) is 25.8 Å². The maximum Gasteiger partial charge on any atom is 0.267 e. The van der Waals surface area contributed by atoms with Crippen LogP contribution in [0.1, 0.15) is 37.6 Å². The highest BCUT2D eigenvalue weighted by Crippen LogP contribution is 2.42. The van der Waals surface area contributed by atoms with Crippen molar-refractivity contribution in [3.05, 3.63) is 49.8 Å². The molecule has 1 aliphatic carbocycles. The summed E-state index contributed by atoms with van der Waals surface area (Å²) < 4.78 is 7.25. The highest BCUT2D eigenvalue weighted by molar-refractivity contribution is 7.71. The first-order chi connectivity index (χ1) is 12.8. The fourth-order valence-corrected chi connectivity index (χ4v) is 5.64. The van der Waals surface area contributed by atoms with Gasteiger partial charge in [-0.3, -0.25) is 9.36 Å². The number of aryl methyl sites for hydroxylation is 1. The maximum atomic E-state index is 13.4. The van der Waals surface area contributed by atoms with E-state index in [4.69, 9.17) is 17.0 Å². The topological polar surface area (TPSA) is 47.0 Å². The predicted octanol–water partition coefficient (Wildman–Crippen LogP) is 5.27. The maximum absolute atomic E-state index is 13.4. The summed E-state index contributed by atoms with van der Waals surface area (Å²) in [6, 6.07) is 7.42. The molecule has 0 amide bonds. The van der Waals surface area contributed by atoms with Crippen LogP contribution in [0.25, 0.3) is 15.9 Å². The predicted molar refractivity (Wildman–Crippen MR) is 114 cm³/mol. The molecule has 1 unspecified atom stereocenters. The van der Waals surface area contributed by atoms with Crippen LogP contribution in [0.2, 0.25) is 0 Å². The molecule has 0 saturated heterocycles. The Morgan fingerprint density at radius 3 is 2.59 bits per heavy atom. The second-order valence-corrected chi connectivity index (χ2v) is 9.77. The number of nitrogens with one attached hydrogen (secondary N) is 1. The van der Waals surface area contributed by atoms with Crippen LogP contribution in [0.5, 0.6) is 5.75 Å². The molecule has 1 atom stereocenters. The zero-order chi connectivity index (χ0) is 19.3. The Bertz CT molecular complexity index is 1110. The molecule has 0 radical (unpaired) electrons. The lowest BCUT2D eigenvalue weighted by Gasteiger charge is -2.33. The van der Waals surface area contributed by atoms with E-state index in [0.29, 0.717) is 10.7 Å². The smallest absolute Gasteiger partial charge is 0.267 e. The third kappa shape index (κ3) is 3.15. The summed E-state index contributed by atoms with van der Waals surface area (Å²) >= 11 is 7.22. The van der Waals surface area contributed by atoms with Crippen LogP contribution in [-0.2, 0) is 12.8 Å². The number of benzene rings is 1. The summed E-state index contributed by atoms with van der Waals surface area (Å²) in [6.45, 7) is 6.92. The van der Waals surface area contributed by atoms with Crippen LogP contribution in [0.4, 0.5) is 0 Å². The molecule has 4 nitrogen and oxygen atoms in total. The van der Waals surface area contributed by atoms with E-state index in [1.807, 2.05) is 24.3 Å². The molecule has 1 aromatic carbocycles. The summed E-state index contributed by atoms with van der Waals surface area (Å²) in [5.74, 6) is 1.40. The molecule has 4 rings (SSSR count). The Hall–Kier alpha value is -1.92.